The first-order valence-corrected chi connectivity index (χ1v) is 5.14. The van der Waals surface area contributed by atoms with Crippen LogP contribution >= 0.6 is 0 Å². The molecule has 2 aromatic carbocycles. The Morgan fingerprint density at radius 3 is 2.33 bits per heavy atom. The van der Waals surface area contributed by atoms with Crippen molar-refractivity contribution in [1.29, 1.82) is 0 Å². The lowest BCUT2D eigenvalue weighted by Gasteiger charge is -2.03. The van der Waals surface area contributed by atoms with Gasteiger partial charge in [-0.25, -0.2) is 4.39 Å². The molecule has 0 saturated heterocycles. The average molecular weight is 245 g/mol. The van der Waals surface area contributed by atoms with Gasteiger partial charge in [-0.1, -0.05) is 36.4 Å². The molecule has 0 aromatic heterocycles. The Hall–Kier alpha value is -2.56. The molecule has 90 valence electrons. The maximum absolute atomic E-state index is 13.6. The third kappa shape index (κ3) is 2.10. The van der Waals surface area contributed by atoms with Crippen LogP contribution in [0, 0.1) is 15.9 Å². The highest BCUT2D eigenvalue weighted by Crippen LogP contribution is 2.24. The second kappa shape index (κ2) is 4.75. The molecule has 4 nitrogen and oxygen atoms in total. The first kappa shape index (κ1) is 11.9. The fourth-order valence-corrected chi connectivity index (χ4v) is 1.62. The Labute approximate surface area is 102 Å². The van der Waals surface area contributed by atoms with Gasteiger partial charge in [0.25, 0.3) is 5.69 Å². The number of hydrogen-bond donors (Lipinski definition) is 0. The van der Waals surface area contributed by atoms with Gasteiger partial charge < -0.3 is 0 Å². The zero-order chi connectivity index (χ0) is 13.1. The highest BCUT2D eigenvalue weighted by molar-refractivity contribution is 6.11. The van der Waals surface area contributed by atoms with E-state index in [0.29, 0.717) is 0 Å². The van der Waals surface area contributed by atoms with Crippen molar-refractivity contribution in [2.45, 2.75) is 0 Å². The zero-order valence-electron chi connectivity index (χ0n) is 9.17. The molecule has 5 heteroatoms. The van der Waals surface area contributed by atoms with E-state index >= 15 is 0 Å². The van der Waals surface area contributed by atoms with Crippen molar-refractivity contribution < 1.29 is 14.1 Å². The number of carbonyl (C=O) groups is 1. The lowest BCUT2D eigenvalue weighted by atomic mass is 10.0. The molecule has 0 radical (unpaired) electrons. The number of carbonyl (C=O) groups excluding carboxylic acids is 1. The van der Waals surface area contributed by atoms with Gasteiger partial charge in [-0.3, -0.25) is 14.9 Å². The van der Waals surface area contributed by atoms with Gasteiger partial charge in [-0.05, 0) is 6.07 Å². The van der Waals surface area contributed by atoms with E-state index in [2.05, 4.69) is 0 Å². The lowest BCUT2D eigenvalue weighted by Crippen LogP contribution is -2.08. The smallest absolute Gasteiger partial charge is 0.283 e. The van der Waals surface area contributed by atoms with Crippen LogP contribution in [0.15, 0.2) is 48.5 Å². The van der Waals surface area contributed by atoms with Crippen LogP contribution in [0.25, 0.3) is 0 Å². The van der Waals surface area contributed by atoms with Crippen LogP contribution in [0.5, 0.6) is 0 Å². The molecule has 0 unspecified atom stereocenters. The number of hydrogen-bond acceptors (Lipinski definition) is 3. The summed E-state index contributed by atoms with van der Waals surface area (Å²) in [5.74, 6) is -1.58. The fraction of sp³-hybridized carbons (Fsp3) is 0. The molecule has 0 heterocycles. The molecule has 0 aliphatic heterocycles. The Morgan fingerprint density at radius 2 is 1.72 bits per heavy atom. The van der Waals surface area contributed by atoms with Crippen molar-refractivity contribution in [3.63, 3.8) is 0 Å². The number of rotatable bonds is 3. The summed E-state index contributed by atoms with van der Waals surface area (Å²) in [4.78, 5) is 22.1. The largest absolute Gasteiger partial charge is 0.288 e. The summed E-state index contributed by atoms with van der Waals surface area (Å²) in [5, 5.41) is 10.8. The standard InChI is InChI=1S/C13H8FNO3/c14-10-7-4-8-11(15(17)18)12(10)13(16)9-5-2-1-3-6-9/h1-8H. The predicted octanol–water partition coefficient (Wildman–Crippen LogP) is 2.96. The van der Waals surface area contributed by atoms with Gasteiger partial charge in [-0.2, -0.15) is 0 Å². The third-order valence-electron chi connectivity index (χ3n) is 2.45. The number of nitro benzene ring substituents is 1. The first-order chi connectivity index (χ1) is 8.61. The molecule has 0 bridgehead atoms. The topological polar surface area (TPSA) is 60.2 Å². The summed E-state index contributed by atoms with van der Waals surface area (Å²) in [5.41, 5.74) is -0.816. The summed E-state index contributed by atoms with van der Waals surface area (Å²) >= 11 is 0. The van der Waals surface area contributed by atoms with E-state index in [9.17, 15) is 19.3 Å². The van der Waals surface area contributed by atoms with Crippen LogP contribution < -0.4 is 0 Å². The summed E-state index contributed by atoms with van der Waals surface area (Å²) in [7, 11) is 0. The highest BCUT2D eigenvalue weighted by Gasteiger charge is 2.24. The Balaban J connectivity index is 2.58. The first-order valence-electron chi connectivity index (χ1n) is 5.14. The fourth-order valence-electron chi connectivity index (χ4n) is 1.62. The summed E-state index contributed by atoms with van der Waals surface area (Å²) < 4.78 is 13.6. The molecule has 0 amide bonds. The predicted molar refractivity (Wildman–Crippen MR) is 62.9 cm³/mol. The lowest BCUT2D eigenvalue weighted by molar-refractivity contribution is -0.385. The SMILES string of the molecule is O=C(c1ccccc1)c1c(F)cccc1[N+](=O)[O-]. The second-order valence-electron chi connectivity index (χ2n) is 3.59. The minimum Gasteiger partial charge on any atom is -0.288 e. The number of halogens is 1. The van der Waals surface area contributed by atoms with Crippen molar-refractivity contribution in [3.8, 4) is 0 Å². The van der Waals surface area contributed by atoms with E-state index in [1.807, 2.05) is 0 Å². The van der Waals surface area contributed by atoms with Gasteiger partial charge in [0, 0.05) is 11.6 Å². The van der Waals surface area contributed by atoms with E-state index in [1.165, 1.54) is 18.2 Å². The van der Waals surface area contributed by atoms with Gasteiger partial charge in [-0.15, -0.1) is 0 Å². The summed E-state index contributed by atoms with van der Waals surface area (Å²) in [6.07, 6.45) is 0. The van der Waals surface area contributed by atoms with Gasteiger partial charge in [0.05, 0.1) is 4.92 Å². The normalized spacial score (nSPS) is 10.1. The molecule has 2 aromatic rings. The van der Waals surface area contributed by atoms with Crippen molar-refractivity contribution in [3.05, 3.63) is 75.6 Å². The number of nitrogens with zero attached hydrogens (tertiary/aromatic N) is 1. The Bertz CT molecular complexity index is 611. The Morgan fingerprint density at radius 1 is 1.06 bits per heavy atom. The van der Waals surface area contributed by atoms with Gasteiger partial charge in [0.1, 0.15) is 11.4 Å². The van der Waals surface area contributed by atoms with E-state index in [-0.39, 0.29) is 5.56 Å². The maximum atomic E-state index is 13.6. The molecule has 0 aliphatic carbocycles. The number of ketones is 1. The second-order valence-corrected chi connectivity index (χ2v) is 3.59. The number of nitro groups is 1. The minimum atomic E-state index is -0.891. The quantitative estimate of drug-likeness (QED) is 0.474. The minimum absolute atomic E-state index is 0.214. The molecular weight excluding hydrogens is 237 g/mol. The van der Waals surface area contributed by atoms with Gasteiger partial charge >= 0.3 is 0 Å². The summed E-state index contributed by atoms with van der Waals surface area (Å²) in [6.45, 7) is 0. The van der Waals surface area contributed by atoms with E-state index in [1.54, 1.807) is 18.2 Å². The molecule has 0 atom stereocenters. The maximum Gasteiger partial charge on any atom is 0.283 e. The molecule has 0 saturated carbocycles. The summed E-state index contributed by atoms with van der Waals surface area (Å²) in [6, 6.07) is 11.2. The van der Waals surface area contributed by atoms with Crippen molar-refractivity contribution in [1.82, 2.24) is 0 Å². The average Bonchev–Trinajstić information content (AvgIpc) is 2.38. The van der Waals surface area contributed by atoms with Crippen LogP contribution in [0.1, 0.15) is 15.9 Å². The molecule has 0 N–H and O–H groups in total. The monoisotopic (exact) mass is 245 g/mol. The highest BCUT2D eigenvalue weighted by atomic mass is 19.1. The van der Waals surface area contributed by atoms with Crippen LogP contribution in [0.3, 0.4) is 0 Å². The van der Waals surface area contributed by atoms with Crippen molar-refractivity contribution in [2.75, 3.05) is 0 Å². The van der Waals surface area contributed by atoms with Gasteiger partial charge in [0.15, 0.2) is 0 Å². The van der Waals surface area contributed by atoms with E-state index in [4.69, 9.17) is 0 Å². The van der Waals surface area contributed by atoms with E-state index in [0.717, 1.165) is 12.1 Å². The number of benzene rings is 2. The molecule has 18 heavy (non-hydrogen) atoms. The molecular formula is C13H8FNO3. The Kier molecular flexibility index (Phi) is 3.14. The molecule has 2 rings (SSSR count). The zero-order valence-corrected chi connectivity index (χ0v) is 9.17. The molecule has 0 aliphatic rings. The van der Waals surface area contributed by atoms with Crippen molar-refractivity contribution in [2.24, 2.45) is 0 Å². The van der Waals surface area contributed by atoms with Crippen LogP contribution in [-0.4, -0.2) is 10.7 Å². The molecule has 0 fully saturated rings. The molecule has 0 spiro atoms. The third-order valence-corrected chi connectivity index (χ3v) is 2.45. The van der Waals surface area contributed by atoms with Crippen LogP contribution in [0.2, 0.25) is 0 Å². The van der Waals surface area contributed by atoms with Crippen LogP contribution in [-0.2, 0) is 0 Å². The van der Waals surface area contributed by atoms with Crippen LogP contribution in [0.4, 0.5) is 10.1 Å². The van der Waals surface area contributed by atoms with Crippen molar-refractivity contribution >= 4 is 11.5 Å². The van der Waals surface area contributed by atoms with E-state index < -0.39 is 27.8 Å². The van der Waals surface area contributed by atoms with Gasteiger partial charge in [0.2, 0.25) is 5.78 Å².